The van der Waals surface area contributed by atoms with Crippen LogP contribution in [-0.4, -0.2) is 48.8 Å². The highest BCUT2D eigenvalue weighted by Crippen LogP contribution is 2.24. The second kappa shape index (κ2) is 18.8. The number of hydrogen-bond donors (Lipinski definition) is 2. The van der Waals surface area contributed by atoms with Crippen LogP contribution in [0.3, 0.4) is 0 Å². The third-order valence-corrected chi connectivity index (χ3v) is 5.46. The van der Waals surface area contributed by atoms with Crippen LogP contribution in [0.4, 0.5) is 0 Å². The first-order valence-corrected chi connectivity index (χ1v) is 13.8. The highest BCUT2D eigenvalue weighted by Gasteiger charge is 2.04. The molecule has 35 heavy (non-hydrogen) atoms. The summed E-state index contributed by atoms with van der Waals surface area (Å²) in [7, 11) is 3.75. The molecule has 0 amide bonds. The Bertz CT molecular complexity index is 969. The highest BCUT2D eigenvalue weighted by molar-refractivity contribution is 7.98. The van der Waals surface area contributed by atoms with Gasteiger partial charge in [-0.05, 0) is 94.3 Å². The van der Waals surface area contributed by atoms with Gasteiger partial charge < -0.3 is 24.5 Å². The minimum atomic E-state index is 0.510. The lowest BCUT2D eigenvalue weighted by Gasteiger charge is -2.12. The molecule has 0 aliphatic carbocycles. The number of nitrogens with zero attached hydrogens (tertiary/aromatic N) is 2. The van der Waals surface area contributed by atoms with Crippen LogP contribution in [0.5, 0.6) is 11.5 Å². The molecular weight excluding hydrogens is 456 g/mol. The van der Waals surface area contributed by atoms with E-state index in [1.54, 1.807) is 0 Å². The van der Waals surface area contributed by atoms with Crippen molar-refractivity contribution < 1.29 is 9.47 Å². The SMILES string of the molecule is C/C=C(\NCOCCC)c1ccc(Oc2ccc3nc(CC)cn3c2)cc1.CCCSC.CNC. The second-order valence-corrected chi connectivity index (χ2v) is 8.75. The molecule has 0 radical (unpaired) electrons. The number of hydrogen-bond acceptors (Lipinski definition) is 6. The van der Waals surface area contributed by atoms with Gasteiger partial charge in [-0.3, -0.25) is 0 Å². The van der Waals surface area contributed by atoms with E-state index < -0.39 is 0 Å². The monoisotopic (exact) mass is 500 g/mol. The van der Waals surface area contributed by atoms with Crippen LogP contribution >= 0.6 is 11.8 Å². The number of rotatable bonds is 11. The van der Waals surface area contributed by atoms with Crippen molar-refractivity contribution >= 4 is 23.1 Å². The van der Waals surface area contributed by atoms with Gasteiger partial charge in [0.25, 0.3) is 0 Å². The first kappa shape index (κ1) is 30.6. The van der Waals surface area contributed by atoms with Crippen molar-refractivity contribution in [1.82, 2.24) is 20.0 Å². The maximum absolute atomic E-state index is 6.00. The molecule has 1 aromatic carbocycles. The fraction of sp³-hybridized carbons (Fsp3) is 0.464. The predicted molar refractivity (Wildman–Crippen MR) is 153 cm³/mol. The van der Waals surface area contributed by atoms with E-state index >= 15 is 0 Å². The number of nitrogens with one attached hydrogen (secondary N) is 2. The van der Waals surface area contributed by atoms with Crippen molar-refractivity contribution in [3.8, 4) is 11.5 Å². The zero-order valence-corrected chi connectivity index (χ0v) is 23.4. The normalized spacial score (nSPS) is 10.8. The van der Waals surface area contributed by atoms with Crippen molar-refractivity contribution in [3.05, 3.63) is 66.1 Å². The smallest absolute Gasteiger partial charge is 0.144 e. The number of thioether (sulfide) groups is 1. The van der Waals surface area contributed by atoms with Crippen molar-refractivity contribution in [2.45, 2.75) is 47.0 Å². The van der Waals surface area contributed by atoms with E-state index in [2.05, 4.69) is 42.6 Å². The average molecular weight is 501 g/mol. The van der Waals surface area contributed by atoms with Crippen LogP contribution < -0.4 is 15.4 Å². The number of imidazole rings is 1. The molecule has 0 fully saturated rings. The summed E-state index contributed by atoms with van der Waals surface area (Å²) in [6.07, 6.45) is 11.4. The Hall–Kier alpha value is -2.48. The second-order valence-electron chi connectivity index (χ2n) is 7.77. The van der Waals surface area contributed by atoms with Crippen molar-refractivity contribution in [2.75, 3.05) is 39.4 Å². The van der Waals surface area contributed by atoms with Gasteiger partial charge in [0.1, 0.15) is 23.9 Å². The summed E-state index contributed by atoms with van der Waals surface area (Å²) in [4.78, 5) is 4.54. The summed E-state index contributed by atoms with van der Waals surface area (Å²) in [6.45, 7) is 9.68. The Labute approximate surface area is 216 Å². The fourth-order valence-electron chi connectivity index (χ4n) is 3.01. The molecule has 3 aromatic rings. The summed E-state index contributed by atoms with van der Waals surface area (Å²) >= 11 is 1.90. The largest absolute Gasteiger partial charge is 0.456 e. The molecule has 0 aliphatic rings. The highest BCUT2D eigenvalue weighted by atomic mass is 32.2. The van der Waals surface area contributed by atoms with Gasteiger partial charge in [-0.2, -0.15) is 11.8 Å². The molecule has 3 rings (SSSR count). The molecule has 0 atom stereocenters. The molecule has 7 heteroatoms. The Morgan fingerprint density at radius 2 is 1.69 bits per heavy atom. The number of aryl methyl sites for hydroxylation is 1. The Kier molecular flexibility index (Phi) is 16.4. The molecule has 0 spiro atoms. The maximum atomic E-state index is 6.00. The number of allylic oxidation sites excluding steroid dienone is 1. The first-order valence-electron chi connectivity index (χ1n) is 12.4. The summed E-state index contributed by atoms with van der Waals surface area (Å²) < 4.78 is 13.5. The van der Waals surface area contributed by atoms with Gasteiger partial charge in [-0.1, -0.05) is 26.8 Å². The van der Waals surface area contributed by atoms with E-state index in [1.165, 1.54) is 12.2 Å². The average Bonchev–Trinajstić information content (AvgIpc) is 3.29. The number of benzene rings is 1. The summed E-state index contributed by atoms with van der Waals surface area (Å²) in [6, 6.07) is 12.0. The predicted octanol–water partition coefficient (Wildman–Crippen LogP) is 6.62. The van der Waals surface area contributed by atoms with Gasteiger partial charge in [0, 0.05) is 18.5 Å². The summed E-state index contributed by atoms with van der Waals surface area (Å²) in [5.74, 6) is 2.89. The minimum Gasteiger partial charge on any atom is -0.456 e. The molecular formula is C28H44N4O2S. The molecule has 2 N–H and O–H groups in total. The van der Waals surface area contributed by atoms with Gasteiger partial charge in [0.15, 0.2) is 0 Å². The minimum absolute atomic E-state index is 0.510. The van der Waals surface area contributed by atoms with Crippen LogP contribution in [0.2, 0.25) is 0 Å². The number of fused-ring (bicyclic) bond motifs is 1. The molecule has 0 unspecified atom stereocenters. The van der Waals surface area contributed by atoms with Gasteiger partial charge in [0.05, 0.1) is 11.9 Å². The van der Waals surface area contributed by atoms with E-state index in [0.717, 1.165) is 53.5 Å². The molecule has 0 saturated heterocycles. The van der Waals surface area contributed by atoms with E-state index in [4.69, 9.17) is 9.47 Å². The molecule has 0 bridgehead atoms. The zero-order chi connectivity index (χ0) is 25.9. The lowest BCUT2D eigenvalue weighted by atomic mass is 10.1. The van der Waals surface area contributed by atoms with Gasteiger partial charge in [0.2, 0.25) is 0 Å². The molecule has 194 valence electrons. The van der Waals surface area contributed by atoms with Gasteiger partial charge in [-0.15, -0.1) is 0 Å². The van der Waals surface area contributed by atoms with Crippen LogP contribution in [0.1, 0.15) is 51.8 Å². The van der Waals surface area contributed by atoms with Crippen molar-refractivity contribution in [1.29, 1.82) is 0 Å². The fourth-order valence-corrected chi connectivity index (χ4v) is 3.42. The summed E-state index contributed by atoms with van der Waals surface area (Å²) in [5.41, 5.74) is 4.15. The first-order chi connectivity index (χ1) is 17.1. The van der Waals surface area contributed by atoms with Crippen LogP contribution in [0.15, 0.2) is 54.9 Å². The molecule has 2 heterocycles. The molecule has 6 nitrogen and oxygen atoms in total. The van der Waals surface area contributed by atoms with Crippen LogP contribution in [0, 0.1) is 0 Å². The Balaban J connectivity index is 0.000000669. The molecule has 0 aliphatic heterocycles. The van der Waals surface area contributed by atoms with Gasteiger partial charge in [-0.25, -0.2) is 4.98 Å². The quantitative estimate of drug-likeness (QED) is 0.228. The maximum Gasteiger partial charge on any atom is 0.144 e. The number of pyridine rings is 1. The third-order valence-electron chi connectivity index (χ3n) is 4.65. The standard InChI is InChI=1S/C22H27N3O2.C4H10S.C2H7N/c1-4-13-26-16-23-21(6-3)17-7-9-19(10-8-17)27-20-11-12-22-24-18(5-2)14-25(22)15-20;1-3-4-5-2;1-3-2/h6-12,14-15,23H,4-5,13,16H2,1-3H3;3-4H2,1-2H3;3H,1-2H3/b21-6-;;. The van der Waals surface area contributed by atoms with E-state index in [-0.39, 0.29) is 0 Å². The van der Waals surface area contributed by atoms with E-state index in [9.17, 15) is 0 Å². The Morgan fingerprint density at radius 1 is 1.00 bits per heavy atom. The molecule has 0 saturated carbocycles. The third kappa shape index (κ3) is 11.7. The molecule has 2 aromatic heterocycles. The number of ether oxygens (including phenoxy) is 2. The van der Waals surface area contributed by atoms with Crippen molar-refractivity contribution in [2.24, 2.45) is 0 Å². The van der Waals surface area contributed by atoms with Crippen molar-refractivity contribution in [3.63, 3.8) is 0 Å². The number of aromatic nitrogens is 2. The summed E-state index contributed by atoms with van der Waals surface area (Å²) in [5, 5.41) is 6.06. The topological polar surface area (TPSA) is 59.8 Å². The Morgan fingerprint density at radius 3 is 2.23 bits per heavy atom. The van der Waals surface area contributed by atoms with E-state index in [1.807, 2.05) is 92.0 Å². The van der Waals surface area contributed by atoms with Crippen LogP contribution in [0.25, 0.3) is 11.3 Å². The van der Waals surface area contributed by atoms with E-state index in [0.29, 0.717) is 6.73 Å². The van der Waals surface area contributed by atoms with Gasteiger partial charge >= 0.3 is 0 Å². The lowest BCUT2D eigenvalue weighted by molar-refractivity contribution is 0.128. The lowest BCUT2D eigenvalue weighted by Crippen LogP contribution is -2.16. The van der Waals surface area contributed by atoms with Crippen LogP contribution in [-0.2, 0) is 11.2 Å². The zero-order valence-electron chi connectivity index (χ0n) is 22.6.